The predicted octanol–water partition coefficient (Wildman–Crippen LogP) is 2.26. The number of hydrogen-bond acceptors (Lipinski definition) is 3. The van der Waals surface area contributed by atoms with Gasteiger partial charge in [0.25, 0.3) is 5.91 Å². The zero-order valence-corrected chi connectivity index (χ0v) is 12.3. The van der Waals surface area contributed by atoms with Crippen molar-refractivity contribution in [2.75, 3.05) is 13.1 Å². The van der Waals surface area contributed by atoms with Crippen LogP contribution >= 0.6 is 0 Å². The van der Waals surface area contributed by atoms with E-state index in [0.29, 0.717) is 12.3 Å². The van der Waals surface area contributed by atoms with Crippen molar-refractivity contribution in [2.24, 2.45) is 0 Å². The first kappa shape index (κ1) is 16.2. The van der Waals surface area contributed by atoms with Crippen LogP contribution in [0.5, 0.6) is 5.75 Å². The largest absolute Gasteiger partial charge is 0.481 e. The molecule has 1 rings (SSSR count). The number of hydrogen-bond donors (Lipinski definition) is 2. The lowest BCUT2D eigenvalue weighted by Crippen LogP contribution is -2.36. The number of carbonyl (C=O) groups excluding carboxylic acids is 1. The highest BCUT2D eigenvalue weighted by molar-refractivity contribution is 5.80. The second-order valence-corrected chi connectivity index (χ2v) is 4.62. The van der Waals surface area contributed by atoms with Gasteiger partial charge in [-0.15, -0.1) is 6.58 Å². The average molecular weight is 276 g/mol. The first-order valence-electron chi connectivity index (χ1n) is 7.02. The van der Waals surface area contributed by atoms with Crippen LogP contribution in [0, 0.1) is 0 Å². The third-order valence-corrected chi connectivity index (χ3v) is 2.76. The molecule has 2 N–H and O–H groups in total. The predicted molar refractivity (Wildman–Crippen MR) is 81.7 cm³/mol. The number of amides is 1. The zero-order chi connectivity index (χ0) is 14.8. The van der Waals surface area contributed by atoms with Crippen molar-refractivity contribution >= 4 is 5.91 Å². The highest BCUT2D eigenvalue weighted by atomic mass is 16.5. The molecule has 1 atom stereocenters. The van der Waals surface area contributed by atoms with E-state index in [4.69, 9.17) is 4.74 Å². The van der Waals surface area contributed by atoms with Gasteiger partial charge >= 0.3 is 0 Å². The van der Waals surface area contributed by atoms with Gasteiger partial charge in [0.2, 0.25) is 0 Å². The molecule has 4 heteroatoms. The summed E-state index contributed by atoms with van der Waals surface area (Å²) in [5, 5.41) is 6.05. The van der Waals surface area contributed by atoms with Gasteiger partial charge in [-0.1, -0.05) is 25.1 Å². The topological polar surface area (TPSA) is 50.4 Å². The number of benzene rings is 1. The fourth-order valence-corrected chi connectivity index (χ4v) is 1.71. The van der Waals surface area contributed by atoms with Gasteiger partial charge in [-0.05, 0) is 37.6 Å². The van der Waals surface area contributed by atoms with Gasteiger partial charge < -0.3 is 15.4 Å². The van der Waals surface area contributed by atoms with Crippen molar-refractivity contribution in [1.29, 1.82) is 0 Å². The van der Waals surface area contributed by atoms with Gasteiger partial charge in [0.05, 0.1) is 0 Å². The summed E-state index contributed by atoms with van der Waals surface area (Å²) in [6.07, 6.45) is 2.23. The third kappa shape index (κ3) is 5.89. The quantitative estimate of drug-likeness (QED) is 0.537. The van der Waals surface area contributed by atoms with Gasteiger partial charge in [0, 0.05) is 13.1 Å². The maximum absolute atomic E-state index is 11.7. The molecule has 0 aliphatic carbocycles. The standard InChI is InChI=1S/C16H24N2O2/c1-4-9-17-12-14-7-6-8-15(11-14)20-13(3)16(19)18-10-5-2/h5-8,11,13,17H,2,4,9-10,12H2,1,3H3,(H,18,19). The van der Waals surface area contributed by atoms with Gasteiger partial charge in [-0.25, -0.2) is 0 Å². The Hall–Kier alpha value is -1.81. The molecule has 4 nitrogen and oxygen atoms in total. The maximum atomic E-state index is 11.7. The summed E-state index contributed by atoms with van der Waals surface area (Å²) in [5.74, 6) is 0.571. The van der Waals surface area contributed by atoms with Crippen molar-refractivity contribution in [3.05, 3.63) is 42.5 Å². The van der Waals surface area contributed by atoms with Crippen LogP contribution in [0.1, 0.15) is 25.8 Å². The Balaban J connectivity index is 2.52. The highest BCUT2D eigenvalue weighted by Crippen LogP contribution is 2.15. The molecule has 0 radical (unpaired) electrons. The summed E-state index contributed by atoms with van der Waals surface area (Å²) in [6, 6.07) is 7.80. The van der Waals surface area contributed by atoms with E-state index >= 15 is 0 Å². The van der Waals surface area contributed by atoms with Crippen LogP contribution in [0.4, 0.5) is 0 Å². The average Bonchev–Trinajstić information content (AvgIpc) is 2.45. The van der Waals surface area contributed by atoms with Gasteiger partial charge in [0.15, 0.2) is 6.10 Å². The molecule has 1 aromatic carbocycles. The Morgan fingerprint density at radius 3 is 3.00 bits per heavy atom. The van der Waals surface area contributed by atoms with Crippen LogP contribution in [0.3, 0.4) is 0 Å². The van der Waals surface area contributed by atoms with Crippen LogP contribution in [0.25, 0.3) is 0 Å². The smallest absolute Gasteiger partial charge is 0.261 e. The molecule has 0 saturated carbocycles. The molecule has 1 aromatic rings. The minimum Gasteiger partial charge on any atom is -0.481 e. The zero-order valence-electron chi connectivity index (χ0n) is 12.3. The molecule has 0 saturated heterocycles. The molecular formula is C16H24N2O2. The second-order valence-electron chi connectivity index (χ2n) is 4.62. The van der Waals surface area contributed by atoms with Crippen LogP contribution in [-0.2, 0) is 11.3 Å². The van der Waals surface area contributed by atoms with E-state index in [-0.39, 0.29) is 5.91 Å². The van der Waals surface area contributed by atoms with Crippen molar-refractivity contribution in [1.82, 2.24) is 10.6 Å². The molecule has 0 fully saturated rings. The number of nitrogens with one attached hydrogen (secondary N) is 2. The fourth-order valence-electron chi connectivity index (χ4n) is 1.71. The van der Waals surface area contributed by atoms with E-state index in [2.05, 4.69) is 24.1 Å². The Morgan fingerprint density at radius 2 is 2.30 bits per heavy atom. The summed E-state index contributed by atoms with van der Waals surface area (Å²) in [6.45, 7) is 9.68. The Bertz CT molecular complexity index is 432. The van der Waals surface area contributed by atoms with Crippen molar-refractivity contribution in [3.8, 4) is 5.75 Å². The Morgan fingerprint density at radius 1 is 1.50 bits per heavy atom. The molecule has 0 bridgehead atoms. The van der Waals surface area contributed by atoms with E-state index in [0.717, 1.165) is 25.1 Å². The minimum absolute atomic E-state index is 0.139. The van der Waals surface area contributed by atoms with Crippen LogP contribution in [0.15, 0.2) is 36.9 Å². The lowest BCUT2D eigenvalue weighted by Gasteiger charge is -2.15. The lowest BCUT2D eigenvalue weighted by molar-refractivity contribution is -0.127. The van der Waals surface area contributed by atoms with E-state index in [1.54, 1.807) is 13.0 Å². The van der Waals surface area contributed by atoms with Crippen molar-refractivity contribution in [2.45, 2.75) is 32.9 Å². The molecule has 1 unspecified atom stereocenters. The molecule has 0 heterocycles. The number of ether oxygens (including phenoxy) is 1. The lowest BCUT2D eigenvalue weighted by atomic mass is 10.2. The van der Waals surface area contributed by atoms with Crippen molar-refractivity contribution in [3.63, 3.8) is 0 Å². The number of rotatable bonds is 9. The second kappa shape index (κ2) is 9.15. The van der Waals surface area contributed by atoms with Crippen molar-refractivity contribution < 1.29 is 9.53 Å². The molecular weight excluding hydrogens is 252 g/mol. The highest BCUT2D eigenvalue weighted by Gasteiger charge is 2.13. The molecule has 110 valence electrons. The van der Waals surface area contributed by atoms with E-state index in [1.807, 2.05) is 24.3 Å². The van der Waals surface area contributed by atoms with E-state index in [1.165, 1.54) is 0 Å². The van der Waals surface area contributed by atoms with E-state index < -0.39 is 6.10 Å². The molecule has 0 aliphatic heterocycles. The van der Waals surface area contributed by atoms with Gasteiger partial charge in [0.1, 0.15) is 5.75 Å². The van der Waals surface area contributed by atoms with Gasteiger partial charge in [-0.3, -0.25) is 4.79 Å². The minimum atomic E-state index is -0.520. The molecule has 1 amide bonds. The first-order valence-corrected chi connectivity index (χ1v) is 7.02. The SMILES string of the molecule is C=CCNC(=O)C(C)Oc1cccc(CNCCC)c1. The maximum Gasteiger partial charge on any atom is 0.261 e. The van der Waals surface area contributed by atoms with Crippen LogP contribution < -0.4 is 15.4 Å². The molecule has 0 spiro atoms. The first-order chi connectivity index (χ1) is 9.67. The normalized spacial score (nSPS) is 11.7. The summed E-state index contributed by atoms with van der Waals surface area (Å²) in [7, 11) is 0. The fraction of sp³-hybridized carbons (Fsp3) is 0.438. The summed E-state index contributed by atoms with van der Waals surface area (Å²) < 4.78 is 5.65. The Labute approximate surface area is 121 Å². The van der Waals surface area contributed by atoms with Crippen LogP contribution in [-0.4, -0.2) is 25.1 Å². The molecule has 0 aliphatic rings. The Kier molecular flexibility index (Phi) is 7.43. The molecule has 0 aromatic heterocycles. The monoisotopic (exact) mass is 276 g/mol. The summed E-state index contributed by atoms with van der Waals surface area (Å²) in [5.41, 5.74) is 1.15. The molecule has 20 heavy (non-hydrogen) atoms. The van der Waals surface area contributed by atoms with Crippen LogP contribution in [0.2, 0.25) is 0 Å². The summed E-state index contributed by atoms with van der Waals surface area (Å²) >= 11 is 0. The summed E-state index contributed by atoms with van der Waals surface area (Å²) in [4.78, 5) is 11.7. The van der Waals surface area contributed by atoms with E-state index in [9.17, 15) is 4.79 Å². The number of carbonyl (C=O) groups is 1. The van der Waals surface area contributed by atoms with Gasteiger partial charge in [-0.2, -0.15) is 0 Å². The third-order valence-electron chi connectivity index (χ3n) is 2.76.